The number of rotatable bonds is 3. The molecule has 0 radical (unpaired) electrons. The zero-order valence-electron chi connectivity index (χ0n) is 12.6. The van der Waals surface area contributed by atoms with Gasteiger partial charge in [0.1, 0.15) is 0 Å². The van der Waals surface area contributed by atoms with Crippen molar-refractivity contribution in [2.75, 3.05) is 0 Å². The summed E-state index contributed by atoms with van der Waals surface area (Å²) in [6.45, 7) is 0. The summed E-state index contributed by atoms with van der Waals surface area (Å²) in [5.74, 6) is 0.125. The number of fused-ring (bicyclic) bond motifs is 2. The molecule has 0 aliphatic heterocycles. The van der Waals surface area contributed by atoms with E-state index < -0.39 is 0 Å². The number of aromatic nitrogens is 1. The summed E-state index contributed by atoms with van der Waals surface area (Å²) in [6, 6.07) is 23.8. The number of hydrogen-bond acceptors (Lipinski definition) is 2. The molecule has 0 bridgehead atoms. The molecule has 0 N–H and O–H groups in total. The molecular weight excluding hydrogens is 282 g/mol. The number of hydrogen-bond donors (Lipinski definition) is 0. The van der Waals surface area contributed by atoms with Gasteiger partial charge >= 0.3 is 0 Å². The minimum absolute atomic E-state index is 0.125. The third-order valence-electron chi connectivity index (χ3n) is 4.16. The van der Waals surface area contributed by atoms with E-state index in [1.165, 1.54) is 0 Å². The van der Waals surface area contributed by atoms with Crippen molar-refractivity contribution in [1.82, 2.24) is 4.98 Å². The minimum Gasteiger partial charge on any atom is -0.294 e. The van der Waals surface area contributed by atoms with Gasteiger partial charge in [0.25, 0.3) is 0 Å². The topological polar surface area (TPSA) is 30.0 Å². The number of para-hydroxylation sites is 1. The first-order valence-electron chi connectivity index (χ1n) is 7.66. The fourth-order valence-corrected chi connectivity index (χ4v) is 3.05. The number of Topliss-reactive ketones (excluding diaryl/α,β-unsaturated/α-hetero) is 1. The lowest BCUT2D eigenvalue weighted by atomic mass is 9.96. The lowest BCUT2D eigenvalue weighted by Crippen LogP contribution is -2.05. The first kappa shape index (κ1) is 13.6. The molecule has 23 heavy (non-hydrogen) atoms. The van der Waals surface area contributed by atoms with Crippen molar-refractivity contribution in [3.63, 3.8) is 0 Å². The highest BCUT2D eigenvalue weighted by molar-refractivity contribution is 6.09. The van der Waals surface area contributed by atoms with Gasteiger partial charge in [-0.25, -0.2) is 0 Å². The maximum Gasteiger partial charge on any atom is 0.167 e. The Morgan fingerprint density at radius 2 is 1.52 bits per heavy atom. The number of pyridine rings is 1. The standard InChI is InChI=1S/C21H15NO/c23-20(19-12-4-7-15-6-1-2-11-18(15)19)14-17-9-3-8-16-10-5-13-22-21(16)17/h1-13H,14H2. The van der Waals surface area contributed by atoms with Crippen molar-refractivity contribution in [2.24, 2.45) is 0 Å². The van der Waals surface area contributed by atoms with E-state index in [4.69, 9.17) is 0 Å². The number of carbonyl (C=O) groups excluding carboxylic acids is 1. The van der Waals surface area contributed by atoms with Crippen LogP contribution in [0.4, 0.5) is 0 Å². The SMILES string of the molecule is O=C(Cc1cccc2cccnc12)c1cccc2ccccc12. The maximum atomic E-state index is 12.8. The van der Waals surface area contributed by atoms with Gasteiger partial charge in [0.05, 0.1) is 5.52 Å². The van der Waals surface area contributed by atoms with Crippen molar-refractivity contribution < 1.29 is 4.79 Å². The summed E-state index contributed by atoms with van der Waals surface area (Å²) in [5.41, 5.74) is 2.65. The Bertz CT molecular complexity index is 1010. The van der Waals surface area contributed by atoms with Gasteiger partial charge in [-0.05, 0) is 22.4 Å². The lowest BCUT2D eigenvalue weighted by molar-refractivity contribution is 0.0995. The van der Waals surface area contributed by atoms with Crippen LogP contribution in [-0.4, -0.2) is 10.8 Å². The average Bonchev–Trinajstić information content (AvgIpc) is 2.61. The Morgan fingerprint density at radius 3 is 2.48 bits per heavy atom. The van der Waals surface area contributed by atoms with Crippen molar-refractivity contribution in [1.29, 1.82) is 0 Å². The van der Waals surface area contributed by atoms with Crippen LogP contribution >= 0.6 is 0 Å². The normalized spacial score (nSPS) is 11.0. The van der Waals surface area contributed by atoms with E-state index in [1.54, 1.807) is 6.20 Å². The second-order valence-corrected chi connectivity index (χ2v) is 5.62. The van der Waals surface area contributed by atoms with E-state index in [0.29, 0.717) is 6.42 Å². The van der Waals surface area contributed by atoms with Crippen LogP contribution in [0.2, 0.25) is 0 Å². The molecule has 0 saturated carbocycles. The van der Waals surface area contributed by atoms with Gasteiger partial charge < -0.3 is 0 Å². The number of nitrogens with zero attached hydrogens (tertiary/aromatic N) is 1. The summed E-state index contributed by atoms with van der Waals surface area (Å²) in [6.07, 6.45) is 2.14. The fraction of sp³-hybridized carbons (Fsp3) is 0.0476. The number of carbonyl (C=O) groups is 1. The molecule has 3 aromatic carbocycles. The fourth-order valence-electron chi connectivity index (χ4n) is 3.05. The summed E-state index contributed by atoms with van der Waals surface area (Å²) in [5, 5.41) is 3.17. The van der Waals surface area contributed by atoms with Gasteiger partial charge in [-0.15, -0.1) is 0 Å². The molecule has 2 heteroatoms. The Morgan fingerprint density at radius 1 is 0.783 bits per heavy atom. The molecule has 110 valence electrons. The van der Waals surface area contributed by atoms with Gasteiger partial charge in [-0.3, -0.25) is 9.78 Å². The van der Waals surface area contributed by atoms with E-state index in [9.17, 15) is 4.79 Å². The molecule has 1 aromatic heterocycles. The van der Waals surface area contributed by atoms with Gasteiger partial charge in [0.15, 0.2) is 5.78 Å². The van der Waals surface area contributed by atoms with Gasteiger partial charge in [-0.1, -0.05) is 66.7 Å². The minimum atomic E-state index is 0.125. The van der Waals surface area contributed by atoms with E-state index in [0.717, 1.165) is 32.8 Å². The molecule has 1 heterocycles. The Balaban J connectivity index is 1.77. The highest BCUT2D eigenvalue weighted by Crippen LogP contribution is 2.22. The van der Waals surface area contributed by atoms with Crippen molar-refractivity contribution >= 4 is 27.5 Å². The van der Waals surface area contributed by atoms with Crippen LogP contribution in [0.3, 0.4) is 0 Å². The van der Waals surface area contributed by atoms with Crippen LogP contribution in [0.25, 0.3) is 21.7 Å². The summed E-state index contributed by atoms with van der Waals surface area (Å²) >= 11 is 0. The van der Waals surface area contributed by atoms with Crippen molar-refractivity contribution in [2.45, 2.75) is 6.42 Å². The van der Waals surface area contributed by atoms with E-state index >= 15 is 0 Å². The largest absolute Gasteiger partial charge is 0.294 e. The second-order valence-electron chi connectivity index (χ2n) is 5.62. The monoisotopic (exact) mass is 297 g/mol. The molecule has 0 saturated heterocycles. The average molecular weight is 297 g/mol. The smallest absolute Gasteiger partial charge is 0.167 e. The molecule has 0 atom stereocenters. The third-order valence-corrected chi connectivity index (χ3v) is 4.16. The number of benzene rings is 3. The number of ketones is 1. The molecule has 0 aliphatic carbocycles. The maximum absolute atomic E-state index is 12.8. The molecule has 0 spiro atoms. The molecule has 0 amide bonds. The van der Waals surface area contributed by atoms with Gasteiger partial charge in [0, 0.05) is 23.6 Å². The van der Waals surface area contributed by atoms with Crippen LogP contribution < -0.4 is 0 Å². The van der Waals surface area contributed by atoms with E-state index in [1.807, 2.05) is 72.8 Å². The van der Waals surface area contributed by atoms with Gasteiger partial charge in [-0.2, -0.15) is 0 Å². The first-order valence-corrected chi connectivity index (χ1v) is 7.66. The molecular formula is C21H15NO. The Labute approximate surface area is 134 Å². The van der Waals surface area contributed by atoms with Crippen LogP contribution in [0.5, 0.6) is 0 Å². The summed E-state index contributed by atoms with van der Waals surface area (Å²) < 4.78 is 0. The van der Waals surface area contributed by atoms with E-state index in [-0.39, 0.29) is 5.78 Å². The molecule has 0 aliphatic rings. The Hall–Kier alpha value is -3.00. The van der Waals surface area contributed by atoms with Crippen molar-refractivity contribution in [3.8, 4) is 0 Å². The molecule has 0 fully saturated rings. The molecule has 0 unspecified atom stereocenters. The Kier molecular flexibility index (Phi) is 3.35. The zero-order valence-corrected chi connectivity index (χ0v) is 12.6. The van der Waals surface area contributed by atoms with Gasteiger partial charge in [0.2, 0.25) is 0 Å². The predicted octanol–water partition coefficient (Wildman–Crippen LogP) is 4.81. The molecule has 4 rings (SSSR count). The van der Waals surface area contributed by atoms with Crippen LogP contribution in [0.1, 0.15) is 15.9 Å². The summed E-state index contributed by atoms with van der Waals surface area (Å²) in [4.78, 5) is 17.3. The van der Waals surface area contributed by atoms with Crippen LogP contribution in [-0.2, 0) is 6.42 Å². The second kappa shape index (κ2) is 5.65. The predicted molar refractivity (Wildman–Crippen MR) is 93.7 cm³/mol. The third kappa shape index (κ3) is 2.49. The molecule has 4 aromatic rings. The zero-order chi connectivity index (χ0) is 15.6. The quantitative estimate of drug-likeness (QED) is 0.508. The highest BCUT2D eigenvalue weighted by Gasteiger charge is 2.12. The lowest BCUT2D eigenvalue weighted by Gasteiger charge is -2.08. The highest BCUT2D eigenvalue weighted by atomic mass is 16.1. The van der Waals surface area contributed by atoms with Crippen LogP contribution in [0.15, 0.2) is 79.0 Å². The first-order chi connectivity index (χ1) is 11.3. The molecule has 2 nitrogen and oxygen atoms in total. The van der Waals surface area contributed by atoms with Crippen LogP contribution in [0, 0.1) is 0 Å². The summed E-state index contributed by atoms with van der Waals surface area (Å²) in [7, 11) is 0. The van der Waals surface area contributed by atoms with Crippen molar-refractivity contribution in [3.05, 3.63) is 90.1 Å². The van der Waals surface area contributed by atoms with E-state index in [2.05, 4.69) is 4.98 Å².